The molecule has 2 aromatic carbocycles. The van der Waals surface area contributed by atoms with Gasteiger partial charge in [0.05, 0.1) is 15.2 Å². The Labute approximate surface area is 160 Å². The summed E-state index contributed by atoms with van der Waals surface area (Å²) in [5.41, 5.74) is 2.25. The first-order valence-electron chi connectivity index (χ1n) is 8.08. The molecule has 1 aromatic heterocycles. The summed E-state index contributed by atoms with van der Waals surface area (Å²) in [5, 5.41) is 0.683. The lowest BCUT2D eigenvalue weighted by atomic mass is 10.2. The van der Waals surface area contributed by atoms with Crippen molar-refractivity contribution in [2.45, 2.75) is 18.6 Å². The van der Waals surface area contributed by atoms with Gasteiger partial charge in [-0.25, -0.2) is 0 Å². The molecule has 0 unspecified atom stereocenters. The maximum atomic E-state index is 12.1. The van der Waals surface area contributed by atoms with Crippen LogP contribution in [0.3, 0.4) is 0 Å². The van der Waals surface area contributed by atoms with Gasteiger partial charge in [-0.05, 0) is 29.9 Å². The summed E-state index contributed by atoms with van der Waals surface area (Å²) in [6, 6.07) is 16.1. The van der Waals surface area contributed by atoms with E-state index in [-0.39, 0.29) is 5.91 Å². The monoisotopic (exact) mass is 390 g/mol. The number of para-hydroxylation sites is 1. The van der Waals surface area contributed by atoms with Crippen molar-refractivity contribution >= 4 is 50.8 Å². The van der Waals surface area contributed by atoms with Crippen molar-refractivity contribution in [2.24, 2.45) is 12.0 Å². The molecule has 0 aliphatic rings. The number of nitrogens with zero attached hydrogens (tertiary/aromatic N) is 2. The van der Waals surface area contributed by atoms with Crippen LogP contribution < -0.4 is 4.80 Å². The molecular formula is C19H19ClN2OS2. The van der Waals surface area contributed by atoms with Gasteiger partial charge in [0.2, 0.25) is 5.91 Å². The number of amides is 1. The fraction of sp³-hybridized carbons (Fsp3) is 0.263. The number of carbonyl (C=O) groups excluding carboxylic acids is 1. The van der Waals surface area contributed by atoms with Gasteiger partial charge in [0.1, 0.15) is 0 Å². The minimum atomic E-state index is -0.0708. The molecule has 3 aromatic rings. The molecule has 0 atom stereocenters. The summed E-state index contributed by atoms with van der Waals surface area (Å²) >= 11 is 9.58. The second-order valence-electron chi connectivity index (χ2n) is 5.68. The molecule has 0 N–H and O–H groups in total. The van der Waals surface area contributed by atoms with Gasteiger partial charge in [-0.1, -0.05) is 59.3 Å². The molecule has 0 radical (unpaired) electrons. The maximum absolute atomic E-state index is 12.1. The van der Waals surface area contributed by atoms with E-state index in [0.29, 0.717) is 16.2 Å². The summed E-state index contributed by atoms with van der Waals surface area (Å²) in [6.07, 6.45) is 1.32. The lowest BCUT2D eigenvalue weighted by Crippen LogP contribution is -2.13. The van der Waals surface area contributed by atoms with Crippen molar-refractivity contribution < 1.29 is 4.79 Å². The largest absolute Gasteiger partial charge is 0.318 e. The van der Waals surface area contributed by atoms with Crippen LogP contribution in [0, 0.1) is 0 Å². The van der Waals surface area contributed by atoms with Gasteiger partial charge in [-0.15, -0.1) is 0 Å². The lowest BCUT2D eigenvalue weighted by Gasteiger charge is -2.01. The van der Waals surface area contributed by atoms with E-state index in [1.54, 1.807) is 0 Å². The molecule has 6 heteroatoms. The van der Waals surface area contributed by atoms with Crippen molar-refractivity contribution in [3.05, 3.63) is 63.9 Å². The predicted molar refractivity (Wildman–Crippen MR) is 108 cm³/mol. The van der Waals surface area contributed by atoms with Gasteiger partial charge in [-0.3, -0.25) is 4.79 Å². The molecule has 1 heterocycles. The Hall–Kier alpha value is -1.56. The zero-order chi connectivity index (χ0) is 17.6. The van der Waals surface area contributed by atoms with E-state index in [1.807, 2.05) is 47.6 Å². The first-order valence-corrected chi connectivity index (χ1v) is 10.4. The highest BCUT2D eigenvalue weighted by molar-refractivity contribution is 7.98. The second kappa shape index (κ2) is 8.70. The van der Waals surface area contributed by atoms with Crippen LogP contribution in [0.15, 0.2) is 53.5 Å². The number of carbonyl (C=O) groups is 1. The SMILES string of the molecule is Cn1c(=NC(=O)CCCSCc2ccccc2)sc2cccc(Cl)c21. The molecule has 3 nitrogen and oxygen atoms in total. The van der Waals surface area contributed by atoms with E-state index in [1.165, 1.54) is 16.9 Å². The minimum Gasteiger partial charge on any atom is -0.318 e. The van der Waals surface area contributed by atoms with E-state index < -0.39 is 0 Å². The Kier molecular flexibility index (Phi) is 6.34. The number of rotatable bonds is 6. The normalized spacial score (nSPS) is 12.0. The fourth-order valence-corrected chi connectivity index (χ4v) is 4.86. The zero-order valence-electron chi connectivity index (χ0n) is 13.9. The van der Waals surface area contributed by atoms with Crippen molar-refractivity contribution in [2.75, 3.05) is 5.75 Å². The summed E-state index contributed by atoms with van der Waals surface area (Å²) in [7, 11) is 1.90. The van der Waals surface area contributed by atoms with Gasteiger partial charge in [-0.2, -0.15) is 16.8 Å². The number of thiazole rings is 1. The third-order valence-electron chi connectivity index (χ3n) is 3.78. The molecule has 0 aliphatic carbocycles. The molecular weight excluding hydrogens is 372 g/mol. The summed E-state index contributed by atoms with van der Waals surface area (Å²) in [4.78, 5) is 17.1. The van der Waals surface area contributed by atoms with E-state index in [2.05, 4.69) is 29.3 Å². The van der Waals surface area contributed by atoms with Crippen LogP contribution in [0.2, 0.25) is 5.02 Å². The second-order valence-corrected chi connectivity index (χ2v) is 8.20. The van der Waals surface area contributed by atoms with E-state index in [0.717, 1.165) is 28.1 Å². The summed E-state index contributed by atoms with van der Waals surface area (Å²) in [6.45, 7) is 0. The number of fused-ring (bicyclic) bond motifs is 1. The Bertz CT molecular complexity index is 931. The number of aromatic nitrogens is 1. The molecule has 0 fully saturated rings. The Morgan fingerprint density at radius 3 is 2.76 bits per heavy atom. The zero-order valence-corrected chi connectivity index (χ0v) is 16.3. The van der Waals surface area contributed by atoms with E-state index in [4.69, 9.17) is 11.6 Å². The van der Waals surface area contributed by atoms with Crippen molar-refractivity contribution in [3.63, 3.8) is 0 Å². The molecule has 0 saturated carbocycles. The van der Waals surface area contributed by atoms with Gasteiger partial charge >= 0.3 is 0 Å². The first-order chi connectivity index (χ1) is 12.1. The number of hydrogen-bond acceptors (Lipinski definition) is 3. The quantitative estimate of drug-likeness (QED) is 0.553. The van der Waals surface area contributed by atoms with Crippen LogP contribution in [0.5, 0.6) is 0 Å². The number of hydrogen-bond donors (Lipinski definition) is 0. The van der Waals surface area contributed by atoms with Crippen LogP contribution in [0.1, 0.15) is 18.4 Å². The predicted octanol–water partition coefficient (Wildman–Crippen LogP) is 5.03. The number of benzene rings is 2. The average Bonchev–Trinajstić information content (AvgIpc) is 2.92. The molecule has 0 aliphatic heterocycles. The van der Waals surface area contributed by atoms with E-state index in [9.17, 15) is 4.79 Å². The number of halogens is 1. The molecule has 25 heavy (non-hydrogen) atoms. The van der Waals surface area contributed by atoms with Crippen LogP contribution in [0.25, 0.3) is 10.2 Å². The van der Waals surface area contributed by atoms with Gasteiger partial charge in [0.25, 0.3) is 0 Å². The molecule has 130 valence electrons. The van der Waals surface area contributed by atoms with Crippen molar-refractivity contribution in [3.8, 4) is 0 Å². The fourth-order valence-electron chi connectivity index (χ4n) is 2.52. The van der Waals surface area contributed by atoms with Crippen LogP contribution in [0.4, 0.5) is 0 Å². The first kappa shape index (κ1) is 18.2. The maximum Gasteiger partial charge on any atom is 0.248 e. The molecule has 0 bridgehead atoms. The van der Waals surface area contributed by atoms with Crippen molar-refractivity contribution in [1.82, 2.24) is 4.57 Å². The highest BCUT2D eigenvalue weighted by Crippen LogP contribution is 2.24. The topological polar surface area (TPSA) is 34.4 Å². The Balaban J connectivity index is 1.55. The molecule has 0 spiro atoms. The highest BCUT2D eigenvalue weighted by atomic mass is 35.5. The highest BCUT2D eigenvalue weighted by Gasteiger charge is 2.07. The standard InChI is InChI=1S/C19H19ClN2OS2/c1-22-18-15(20)9-5-10-16(18)25-19(22)21-17(23)11-6-12-24-13-14-7-3-2-4-8-14/h2-5,7-10H,6,11-13H2,1H3. The minimum absolute atomic E-state index is 0.0708. The molecule has 0 saturated heterocycles. The third-order valence-corrected chi connectivity index (χ3v) is 6.30. The molecule has 3 rings (SSSR count). The van der Waals surface area contributed by atoms with Gasteiger partial charge in [0, 0.05) is 19.2 Å². The Morgan fingerprint density at radius 1 is 1.20 bits per heavy atom. The Morgan fingerprint density at radius 2 is 2.00 bits per heavy atom. The third kappa shape index (κ3) is 4.75. The van der Waals surface area contributed by atoms with Crippen molar-refractivity contribution in [1.29, 1.82) is 0 Å². The lowest BCUT2D eigenvalue weighted by molar-refractivity contribution is -0.118. The van der Waals surface area contributed by atoms with Gasteiger partial charge < -0.3 is 4.57 Å². The smallest absolute Gasteiger partial charge is 0.248 e. The summed E-state index contributed by atoms with van der Waals surface area (Å²) < 4.78 is 2.93. The van der Waals surface area contributed by atoms with Gasteiger partial charge in [0.15, 0.2) is 4.80 Å². The van der Waals surface area contributed by atoms with Crippen LogP contribution in [-0.4, -0.2) is 16.2 Å². The van der Waals surface area contributed by atoms with Crippen LogP contribution >= 0.6 is 34.7 Å². The average molecular weight is 391 g/mol. The summed E-state index contributed by atoms with van der Waals surface area (Å²) in [5.74, 6) is 1.87. The number of aryl methyl sites for hydroxylation is 1. The van der Waals surface area contributed by atoms with Crippen LogP contribution in [-0.2, 0) is 17.6 Å². The number of thioether (sulfide) groups is 1. The molecule has 1 amide bonds. The van der Waals surface area contributed by atoms with E-state index >= 15 is 0 Å².